The van der Waals surface area contributed by atoms with Crippen LogP contribution in [0.2, 0.25) is 0 Å². The maximum Gasteiger partial charge on any atom is 0.122 e. The smallest absolute Gasteiger partial charge is 0.122 e. The molecule has 11 heavy (non-hydrogen) atoms. The van der Waals surface area contributed by atoms with Crippen LogP contribution in [0.1, 0.15) is 12.8 Å². The highest BCUT2D eigenvalue weighted by molar-refractivity contribution is 5.82. The van der Waals surface area contributed by atoms with Crippen LogP contribution in [0.3, 0.4) is 0 Å². The van der Waals surface area contributed by atoms with Crippen LogP contribution >= 0.6 is 0 Å². The van der Waals surface area contributed by atoms with Crippen molar-refractivity contribution in [2.45, 2.75) is 12.8 Å². The standard InChI is InChI=1S/C7H16N4/c1-11-4-2-6(3-5-11)7(8)10-9/h6H,2-5,9H2,1H3,(H2,8,10). The largest absolute Gasteiger partial charge is 0.386 e. The topological polar surface area (TPSA) is 67.6 Å². The van der Waals surface area contributed by atoms with Crippen molar-refractivity contribution in [3.05, 3.63) is 0 Å². The number of rotatable bonds is 1. The van der Waals surface area contributed by atoms with Gasteiger partial charge in [0, 0.05) is 5.92 Å². The summed E-state index contributed by atoms with van der Waals surface area (Å²) >= 11 is 0. The molecule has 1 saturated heterocycles. The molecule has 0 saturated carbocycles. The van der Waals surface area contributed by atoms with Crippen LogP contribution in [0.5, 0.6) is 0 Å². The minimum absolute atomic E-state index is 0.413. The molecule has 0 amide bonds. The first-order valence-electron chi connectivity index (χ1n) is 3.96. The van der Waals surface area contributed by atoms with E-state index in [1.807, 2.05) is 0 Å². The summed E-state index contributed by atoms with van der Waals surface area (Å²) in [6, 6.07) is 0. The van der Waals surface area contributed by atoms with Crippen molar-refractivity contribution in [3.8, 4) is 0 Å². The Morgan fingerprint density at radius 1 is 1.45 bits per heavy atom. The number of hydrogen-bond donors (Lipinski definition) is 2. The van der Waals surface area contributed by atoms with Gasteiger partial charge in [0.05, 0.1) is 0 Å². The van der Waals surface area contributed by atoms with Crippen molar-refractivity contribution in [2.24, 2.45) is 22.6 Å². The Morgan fingerprint density at radius 2 is 2.00 bits per heavy atom. The monoisotopic (exact) mass is 156 g/mol. The van der Waals surface area contributed by atoms with E-state index in [9.17, 15) is 0 Å². The van der Waals surface area contributed by atoms with Gasteiger partial charge in [-0.3, -0.25) is 0 Å². The van der Waals surface area contributed by atoms with Gasteiger partial charge in [-0.1, -0.05) is 0 Å². The zero-order valence-electron chi connectivity index (χ0n) is 6.95. The zero-order valence-corrected chi connectivity index (χ0v) is 6.95. The van der Waals surface area contributed by atoms with Crippen LogP contribution in [-0.2, 0) is 0 Å². The third-order valence-electron chi connectivity index (χ3n) is 2.29. The van der Waals surface area contributed by atoms with Crippen molar-refractivity contribution in [1.82, 2.24) is 4.90 Å². The second-order valence-electron chi connectivity index (χ2n) is 3.13. The molecule has 64 valence electrons. The molecular weight excluding hydrogens is 140 g/mol. The van der Waals surface area contributed by atoms with Crippen LogP contribution in [0.25, 0.3) is 0 Å². The fraction of sp³-hybridized carbons (Fsp3) is 0.857. The molecule has 1 aliphatic heterocycles. The molecule has 0 aliphatic carbocycles. The quantitative estimate of drug-likeness (QED) is 0.234. The normalized spacial score (nSPS) is 23.9. The molecule has 1 aliphatic rings. The van der Waals surface area contributed by atoms with Crippen molar-refractivity contribution in [2.75, 3.05) is 20.1 Å². The maximum absolute atomic E-state index is 5.60. The fourth-order valence-electron chi connectivity index (χ4n) is 1.41. The average molecular weight is 156 g/mol. The Bertz CT molecular complexity index is 147. The van der Waals surface area contributed by atoms with Gasteiger partial charge in [0.1, 0.15) is 5.84 Å². The number of nitrogens with zero attached hydrogens (tertiary/aromatic N) is 2. The van der Waals surface area contributed by atoms with E-state index < -0.39 is 0 Å². The first kappa shape index (κ1) is 8.33. The Labute approximate surface area is 67.2 Å². The Morgan fingerprint density at radius 3 is 2.45 bits per heavy atom. The van der Waals surface area contributed by atoms with Crippen molar-refractivity contribution >= 4 is 5.84 Å². The lowest BCUT2D eigenvalue weighted by Gasteiger charge is -2.27. The number of likely N-dealkylation sites (tertiary alicyclic amines) is 1. The number of piperidine rings is 1. The summed E-state index contributed by atoms with van der Waals surface area (Å²) in [5, 5.41) is 3.51. The van der Waals surface area contributed by atoms with E-state index in [-0.39, 0.29) is 0 Å². The predicted octanol–water partition coefficient (Wildman–Crippen LogP) is -0.441. The first-order chi connectivity index (χ1) is 5.24. The minimum Gasteiger partial charge on any atom is -0.386 e. The Hall–Kier alpha value is -0.770. The molecule has 0 atom stereocenters. The lowest BCUT2D eigenvalue weighted by molar-refractivity contribution is 0.251. The molecule has 4 N–H and O–H groups in total. The molecule has 0 aromatic rings. The summed E-state index contributed by atoms with van der Waals surface area (Å²) in [6.45, 7) is 2.20. The summed E-state index contributed by atoms with van der Waals surface area (Å²) in [7, 11) is 2.12. The summed E-state index contributed by atoms with van der Waals surface area (Å²) in [6.07, 6.45) is 2.17. The van der Waals surface area contributed by atoms with Gasteiger partial charge in [0.25, 0.3) is 0 Å². The number of hydrazone groups is 1. The number of hydrogen-bond acceptors (Lipinski definition) is 3. The lowest BCUT2D eigenvalue weighted by Crippen LogP contribution is -2.36. The highest BCUT2D eigenvalue weighted by atomic mass is 15.2. The average Bonchev–Trinajstić information content (AvgIpc) is 2.05. The summed E-state index contributed by atoms with van der Waals surface area (Å²) < 4.78 is 0. The zero-order chi connectivity index (χ0) is 8.27. The van der Waals surface area contributed by atoms with Gasteiger partial charge in [0.2, 0.25) is 0 Å². The predicted molar refractivity (Wildman–Crippen MR) is 46.0 cm³/mol. The molecule has 1 rings (SSSR count). The van der Waals surface area contributed by atoms with E-state index in [2.05, 4.69) is 17.0 Å². The van der Waals surface area contributed by atoms with Gasteiger partial charge in [0.15, 0.2) is 0 Å². The van der Waals surface area contributed by atoms with E-state index in [1.54, 1.807) is 0 Å². The summed E-state index contributed by atoms with van der Waals surface area (Å²) in [4.78, 5) is 2.29. The molecule has 1 fully saturated rings. The molecule has 4 nitrogen and oxygen atoms in total. The van der Waals surface area contributed by atoms with Gasteiger partial charge in [-0.25, -0.2) is 0 Å². The number of amidine groups is 1. The molecule has 0 aromatic carbocycles. The first-order valence-corrected chi connectivity index (χ1v) is 3.96. The van der Waals surface area contributed by atoms with Crippen molar-refractivity contribution < 1.29 is 0 Å². The van der Waals surface area contributed by atoms with E-state index in [4.69, 9.17) is 11.6 Å². The second-order valence-corrected chi connectivity index (χ2v) is 3.13. The highest BCUT2D eigenvalue weighted by Crippen LogP contribution is 2.15. The van der Waals surface area contributed by atoms with Crippen LogP contribution in [0.15, 0.2) is 5.10 Å². The third kappa shape index (κ3) is 2.08. The van der Waals surface area contributed by atoms with Crippen LogP contribution in [0.4, 0.5) is 0 Å². The van der Waals surface area contributed by atoms with E-state index >= 15 is 0 Å². The van der Waals surface area contributed by atoms with Crippen LogP contribution in [-0.4, -0.2) is 30.9 Å². The molecule has 4 heteroatoms. The SMILES string of the molecule is CN1CCC(/C(N)=N/N)CC1. The lowest BCUT2D eigenvalue weighted by atomic mass is 9.96. The molecule has 0 aromatic heterocycles. The Balaban J connectivity index is 2.39. The Kier molecular flexibility index (Phi) is 2.70. The van der Waals surface area contributed by atoms with Gasteiger partial charge in [-0.2, -0.15) is 5.10 Å². The molecule has 0 radical (unpaired) electrons. The van der Waals surface area contributed by atoms with E-state index in [1.165, 1.54) is 0 Å². The van der Waals surface area contributed by atoms with Crippen LogP contribution < -0.4 is 11.6 Å². The highest BCUT2D eigenvalue weighted by Gasteiger charge is 2.19. The van der Waals surface area contributed by atoms with Gasteiger partial charge in [-0.15, -0.1) is 0 Å². The molecule has 0 spiro atoms. The van der Waals surface area contributed by atoms with Crippen LogP contribution in [0, 0.1) is 5.92 Å². The molecule has 1 heterocycles. The minimum atomic E-state index is 0.413. The van der Waals surface area contributed by atoms with Gasteiger partial charge < -0.3 is 16.5 Å². The van der Waals surface area contributed by atoms with E-state index in [0.717, 1.165) is 25.9 Å². The summed E-state index contributed by atoms with van der Waals surface area (Å²) in [5.74, 6) is 6.11. The van der Waals surface area contributed by atoms with E-state index in [0.29, 0.717) is 11.8 Å². The van der Waals surface area contributed by atoms with Gasteiger partial charge in [-0.05, 0) is 33.0 Å². The summed E-state index contributed by atoms with van der Waals surface area (Å²) in [5.41, 5.74) is 5.60. The second kappa shape index (κ2) is 3.57. The molecule has 0 bridgehead atoms. The maximum atomic E-state index is 5.60. The molecular formula is C7H16N4. The van der Waals surface area contributed by atoms with Gasteiger partial charge >= 0.3 is 0 Å². The molecule has 0 unspecified atom stereocenters. The number of nitrogens with two attached hydrogens (primary N) is 2. The fourth-order valence-corrected chi connectivity index (χ4v) is 1.41. The third-order valence-corrected chi connectivity index (χ3v) is 2.29. The van der Waals surface area contributed by atoms with Crippen molar-refractivity contribution in [3.63, 3.8) is 0 Å². The van der Waals surface area contributed by atoms with Crippen molar-refractivity contribution in [1.29, 1.82) is 0 Å².